The van der Waals surface area contributed by atoms with E-state index in [1.54, 1.807) is 11.6 Å². The van der Waals surface area contributed by atoms with Crippen LogP contribution >= 0.6 is 11.6 Å². The maximum absolute atomic E-state index is 11.0. The molecule has 0 bridgehead atoms. The van der Waals surface area contributed by atoms with Crippen molar-refractivity contribution in [3.63, 3.8) is 0 Å². The summed E-state index contributed by atoms with van der Waals surface area (Å²) in [6.07, 6.45) is 2.07. The highest BCUT2D eigenvalue weighted by atomic mass is 35.5. The number of aromatic nitrogens is 5. The number of halogens is 1. The summed E-state index contributed by atoms with van der Waals surface area (Å²) in [7, 11) is 1.78. The number of hydrogen-bond acceptors (Lipinski definition) is 4. The highest BCUT2D eigenvalue weighted by Crippen LogP contribution is 2.12. The summed E-state index contributed by atoms with van der Waals surface area (Å²) < 4.78 is 3.24. The molecule has 2 aromatic rings. The van der Waals surface area contributed by atoms with Gasteiger partial charge in [0, 0.05) is 7.05 Å². The topological polar surface area (TPSA) is 85.8 Å². The molecule has 0 saturated carbocycles. The van der Waals surface area contributed by atoms with Crippen LogP contribution < -0.4 is 0 Å². The number of carboxylic acid groups (broad SMARTS) is 1. The predicted molar refractivity (Wildman–Crippen MR) is 63.7 cm³/mol. The van der Waals surface area contributed by atoms with Gasteiger partial charge in [0.25, 0.3) is 0 Å². The fourth-order valence-electron chi connectivity index (χ4n) is 1.68. The van der Waals surface area contributed by atoms with Gasteiger partial charge in [0.05, 0.1) is 11.9 Å². The van der Waals surface area contributed by atoms with Crippen LogP contribution in [0, 0.1) is 0 Å². The molecule has 2 heterocycles. The molecular weight excluding hydrogens is 258 g/mol. The minimum Gasteiger partial charge on any atom is -0.476 e. The molecule has 2 aromatic heterocycles. The van der Waals surface area contributed by atoms with Crippen molar-refractivity contribution in [1.29, 1.82) is 0 Å². The molecule has 96 valence electrons. The van der Waals surface area contributed by atoms with Gasteiger partial charge in [-0.2, -0.15) is 0 Å². The van der Waals surface area contributed by atoms with Crippen LogP contribution in [0.25, 0.3) is 0 Å². The fourth-order valence-corrected chi connectivity index (χ4v) is 1.83. The van der Waals surface area contributed by atoms with Crippen molar-refractivity contribution in [1.82, 2.24) is 24.5 Å². The summed E-state index contributed by atoms with van der Waals surface area (Å²) in [6, 6.07) is 0. The minimum atomic E-state index is -1.07. The van der Waals surface area contributed by atoms with E-state index in [1.807, 2.05) is 6.92 Å². The van der Waals surface area contributed by atoms with Crippen molar-refractivity contribution >= 4 is 17.6 Å². The largest absolute Gasteiger partial charge is 0.476 e. The molecule has 0 radical (unpaired) electrons. The Bertz CT molecular complexity index is 589. The molecule has 0 aliphatic heterocycles. The van der Waals surface area contributed by atoms with E-state index in [9.17, 15) is 4.79 Å². The Morgan fingerprint density at radius 3 is 2.78 bits per heavy atom. The Labute approximate surface area is 108 Å². The second-order valence-corrected chi connectivity index (χ2v) is 4.14. The van der Waals surface area contributed by atoms with E-state index in [4.69, 9.17) is 16.7 Å². The first-order valence-corrected chi connectivity index (χ1v) is 5.74. The zero-order valence-corrected chi connectivity index (χ0v) is 10.7. The number of nitrogens with zero attached hydrogens (tertiary/aromatic N) is 5. The Morgan fingerprint density at radius 2 is 2.28 bits per heavy atom. The predicted octanol–water partition coefficient (Wildman–Crippen LogP) is 0.974. The molecule has 0 atom stereocenters. The molecule has 2 rings (SSSR count). The first-order chi connectivity index (χ1) is 8.54. The molecule has 0 aromatic carbocycles. The second kappa shape index (κ2) is 4.77. The lowest BCUT2D eigenvalue weighted by molar-refractivity contribution is 0.0689. The molecule has 0 spiro atoms. The summed E-state index contributed by atoms with van der Waals surface area (Å²) in [5.41, 5.74) is 0.555. The maximum atomic E-state index is 11.0. The number of rotatable bonds is 4. The Balaban J connectivity index is 2.35. The average molecular weight is 270 g/mol. The summed E-state index contributed by atoms with van der Waals surface area (Å²) in [5, 5.41) is 17.0. The zero-order valence-electron chi connectivity index (χ0n) is 9.96. The van der Waals surface area contributed by atoms with E-state index >= 15 is 0 Å². The smallest absolute Gasteiger partial charge is 0.358 e. The van der Waals surface area contributed by atoms with Gasteiger partial charge >= 0.3 is 5.97 Å². The number of imidazole rings is 1. The van der Waals surface area contributed by atoms with Crippen molar-refractivity contribution in [2.24, 2.45) is 7.05 Å². The highest BCUT2D eigenvalue weighted by Gasteiger charge is 2.18. The Morgan fingerprint density at radius 1 is 1.56 bits per heavy atom. The van der Waals surface area contributed by atoms with Gasteiger partial charge in [-0.3, -0.25) is 0 Å². The van der Waals surface area contributed by atoms with Crippen LogP contribution in [-0.2, 0) is 20.0 Å². The van der Waals surface area contributed by atoms with Gasteiger partial charge in [-0.25, -0.2) is 14.5 Å². The van der Waals surface area contributed by atoms with E-state index in [-0.39, 0.29) is 5.69 Å². The van der Waals surface area contributed by atoms with Gasteiger partial charge in [0.1, 0.15) is 17.5 Å². The summed E-state index contributed by atoms with van der Waals surface area (Å²) in [4.78, 5) is 15.1. The standard InChI is InChI=1S/C10H12ClN5O2/c1-3-6-9(10(17)18)13-14-16(6)5-8-12-4-7(11)15(8)2/h4H,3,5H2,1-2H3,(H,17,18). The number of carboxylic acids is 1. The van der Waals surface area contributed by atoms with E-state index in [0.717, 1.165) is 0 Å². The van der Waals surface area contributed by atoms with Gasteiger partial charge in [-0.15, -0.1) is 5.10 Å². The van der Waals surface area contributed by atoms with E-state index in [1.165, 1.54) is 10.9 Å². The second-order valence-electron chi connectivity index (χ2n) is 3.76. The monoisotopic (exact) mass is 269 g/mol. The molecule has 0 aliphatic carbocycles. The van der Waals surface area contributed by atoms with Gasteiger partial charge in [0.2, 0.25) is 0 Å². The molecule has 0 fully saturated rings. The van der Waals surface area contributed by atoms with Crippen LogP contribution in [0.15, 0.2) is 6.20 Å². The molecular formula is C10H12ClN5O2. The van der Waals surface area contributed by atoms with E-state index in [0.29, 0.717) is 29.6 Å². The van der Waals surface area contributed by atoms with Gasteiger partial charge in [-0.1, -0.05) is 23.7 Å². The van der Waals surface area contributed by atoms with Gasteiger partial charge < -0.3 is 9.67 Å². The molecule has 1 N–H and O–H groups in total. The molecule has 0 unspecified atom stereocenters. The molecule has 0 amide bonds. The number of aromatic carboxylic acids is 1. The molecule has 18 heavy (non-hydrogen) atoms. The quantitative estimate of drug-likeness (QED) is 0.894. The van der Waals surface area contributed by atoms with Gasteiger partial charge in [-0.05, 0) is 6.42 Å². The number of carbonyl (C=O) groups is 1. The minimum absolute atomic E-state index is 0.0159. The first kappa shape index (κ1) is 12.6. The molecule has 7 nitrogen and oxygen atoms in total. The average Bonchev–Trinajstić information content (AvgIpc) is 2.87. The molecule has 0 saturated heterocycles. The fraction of sp³-hybridized carbons (Fsp3) is 0.400. The third-order valence-corrected chi connectivity index (χ3v) is 3.05. The van der Waals surface area contributed by atoms with Crippen molar-refractivity contribution in [2.45, 2.75) is 19.9 Å². The highest BCUT2D eigenvalue weighted by molar-refractivity contribution is 6.29. The van der Waals surface area contributed by atoms with Crippen molar-refractivity contribution in [2.75, 3.05) is 0 Å². The molecule has 8 heteroatoms. The van der Waals surface area contributed by atoms with Crippen LogP contribution in [0.2, 0.25) is 5.15 Å². The lowest BCUT2D eigenvalue weighted by atomic mass is 10.2. The van der Waals surface area contributed by atoms with Crippen molar-refractivity contribution in [3.05, 3.63) is 28.6 Å². The van der Waals surface area contributed by atoms with Crippen LogP contribution in [0.5, 0.6) is 0 Å². The third kappa shape index (κ3) is 2.08. The summed E-state index contributed by atoms with van der Waals surface area (Å²) in [6.45, 7) is 2.19. The normalized spacial score (nSPS) is 10.8. The van der Waals surface area contributed by atoms with Crippen molar-refractivity contribution < 1.29 is 9.90 Å². The summed E-state index contributed by atoms with van der Waals surface area (Å²) >= 11 is 5.89. The lowest BCUT2D eigenvalue weighted by Gasteiger charge is -2.05. The van der Waals surface area contributed by atoms with E-state index < -0.39 is 5.97 Å². The van der Waals surface area contributed by atoms with Gasteiger partial charge in [0.15, 0.2) is 5.69 Å². The van der Waals surface area contributed by atoms with Crippen LogP contribution in [0.3, 0.4) is 0 Å². The third-order valence-electron chi connectivity index (χ3n) is 2.69. The van der Waals surface area contributed by atoms with Crippen LogP contribution in [0.1, 0.15) is 28.9 Å². The summed E-state index contributed by atoms with van der Waals surface area (Å²) in [5.74, 6) is -0.382. The maximum Gasteiger partial charge on any atom is 0.358 e. The van der Waals surface area contributed by atoms with Crippen LogP contribution in [0.4, 0.5) is 0 Å². The van der Waals surface area contributed by atoms with Crippen molar-refractivity contribution in [3.8, 4) is 0 Å². The lowest BCUT2D eigenvalue weighted by Crippen LogP contribution is -2.11. The molecule has 0 aliphatic rings. The Kier molecular flexibility index (Phi) is 3.33. The SMILES string of the molecule is CCc1c(C(=O)O)nnn1Cc1ncc(Cl)n1C. The van der Waals surface area contributed by atoms with E-state index in [2.05, 4.69) is 15.3 Å². The van der Waals surface area contributed by atoms with Crippen LogP contribution in [-0.4, -0.2) is 35.6 Å². The Hall–Kier alpha value is -1.89. The first-order valence-electron chi connectivity index (χ1n) is 5.36. The number of hydrogen-bond donors (Lipinski definition) is 1. The zero-order chi connectivity index (χ0) is 13.3.